The molecule has 2 rings (SSSR count). The van der Waals surface area contributed by atoms with Gasteiger partial charge in [0.15, 0.2) is 5.96 Å². The summed E-state index contributed by atoms with van der Waals surface area (Å²) in [7, 11) is -4.13. The summed E-state index contributed by atoms with van der Waals surface area (Å²) in [6.07, 6.45) is 5.46. The number of carbonyl (C=O) groups is 1. The van der Waals surface area contributed by atoms with Gasteiger partial charge >= 0.3 is 0 Å². The van der Waals surface area contributed by atoms with Crippen LogP contribution in [0.25, 0.3) is 11.1 Å². The van der Waals surface area contributed by atoms with E-state index in [1.165, 1.54) is 6.07 Å². The first kappa shape index (κ1) is 18.2. The van der Waals surface area contributed by atoms with Crippen molar-refractivity contribution < 1.29 is 13.2 Å². The van der Waals surface area contributed by atoms with Crippen molar-refractivity contribution in [3.8, 4) is 23.5 Å². The standard InChI is InChI=1S/C17H16N4O3S/c1-3-11-8-13(12-6-4-10(2)5-7-12)15(25(20,23)24)9-14(11)16(22)21-17(18)19/h1,4-9H,2H3,(H2,20,23,24)(H4,18,19,21,22). The Morgan fingerprint density at radius 2 is 1.76 bits per heavy atom. The highest BCUT2D eigenvalue weighted by Gasteiger charge is 2.21. The number of carbonyl (C=O) groups excluding carboxylic acids is 1. The third-order valence-corrected chi connectivity index (χ3v) is 4.36. The van der Waals surface area contributed by atoms with Crippen molar-refractivity contribution in [1.29, 1.82) is 0 Å². The van der Waals surface area contributed by atoms with Crippen LogP contribution in [-0.2, 0) is 10.0 Å². The molecule has 6 N–H and O–H groups in total. The number of hydrogen-bond donors (Lipinski definition) is 3. The number of primary sulfonamides is 1. The fraction of sp³-hybridized carbons (Fsp3) is 0.0588. The molecule has 0 fully saturated rings. The highest BCUT2D eigenvalue weighted by atomic mass is 32.2. The second-order valence-electron chi connectivity index (χ2n) is 5.29. The Kier molecular flexibility index (Phi) is 4.92. The van der Waals surface area contributed by atoms with E-state index in [0.717, 1.165) is 11.6 Å². The van der Waals surface area contributed by atoms with Crippen LogP contribution in [0.2, 0.25) is 0 Å². The van der Waals surface area contributed by atoms with Crippen molar-refractivity contribution in [3.63, 3.8) is 0 Å². The van der Waals surface area contributed by atoms with Crippen molar-refractivity contribution in [3.05, 3.63) is 53.1 Å². The molecule has 0 spiro atoms. The quantitative estimate of drug-likeness (QED) is 0.422. The second kappa shape index (κ2) is 6.76. The molecule has 0 aliphatic rings. The molecule has 0 aromatic heterocycles. The number of amides is 1. The van der Waals surface area contributed by atoms with Crippen molar-refractivity contribution >= 4 is 21.9 Å². The summed E-state index contributed by atoms with van der Waals surface area (Å²) in [5, 5.41) is 5.31. The van der Waals surface area contributed by atoms with E-state index in [4.69, 9.17) is 23.0 Å². The summed E-state index contributed by atoms with van der Waals surface area (Å²) in [5.74, 6) is 1.02. The van der Waals surface area contributed by atoms with Crippen molar-refractivity contribution in [1.82, 2.24) is 0 Å². The van der Waals surface area contributed by atoms with Crippen LogP contribution >= 0.6 is 0 Å². The molecule has 2 aromatic carbocycles. The minimum Gasteiger partial charge on any atom is -0.370 e. The number of guanidine groups is 1. The molecular formula is C17H16N4O3S. The summed E-state index contributed by atoms with van der Waals surface area (Å²) in [6.45, 7) is 1.90. The Balaban J connectivity index is 2.82. The number of hydrogen-bond acceptors (Lipinski definition) is 3. The van der Waals surface area contributed by atoms with Gasteiger partial charge in [-0.3, -0.25) is 4.79 Å². The summed E-state index contributed by atoms with van der Waals surface area (Å²) >= 11 is 0. The van der Waals surface area contributed by atoms with Gasteiger partial charge in [0.25, 0.3) is 5.91 Å². The Labute approximate surface area is 145 Å². The van der Waals surface area contributed by atoms with Gasteiger partial charge in [-0.25, -0.2) is 13.6 Å². The van der Waals surface area contributed by atoms with Gasteiger partial charge in [-0.1, -0.05) is 35.7 Å². The predicted octanol–water partition coefficient (Wildman–Crippen LogP) is 0.704. The minimum absolute atomic E-state index is 0.129. The van der Waals surface area contributed by atoms with E-state index < -0.39 is 21.9 Å². The Hall–Kier alpha value is -3.15. The number of nitrogens with zero attached hydrogens (tertiary/aromatic N) is 1. The maximum atomic E-state index is 12.1. The zero-order valence-corrected chi connectivity index (χ0v) is 14.2. The molecule has 128 valence electrons. The van der Waals surface area contributed by atoms with E-state index >= 15 is 0 Å². The molecule has 0 radical (unpaired) electrons. The maximum Gasteiger partial charge on any atom is 0.281 e. The van der Waals surface area contributed by atoms with Gasteiger partial charge in [0, 0.05) is 11.1 Å². The van der Waals surface area contributed by atoms with Crippen LogP contribution in [0.1, 0.15) is 21.5 Å². The van der Waals surface area contributed by atoms with Crippen molar-refractivity contribution in [2.24, 2.45) is 21.6 Å². The first-order valence-corrected chi connectivity index (χ1v) is 8.56. The fourth-order valence-electron chi connectivity index (χ4n) is 2.25. The first-order valence-electron chi connectivity index (χ1n) is 7.02. The molecule has 0 aliphatic heterocycles. The number of benzene rings is 2. The van der Waals surface area contributed by atoms with Crippen LogP contribution in [-0.4, -0.2) is 20.3 Å². The molecule has 1 amide bonds. The Morgan fingerprint density at radius 1 is 1.16 bits per heavy atom. The molecule has 7 nitrogen and oxygen atoms in total. The van der Waals surface area contributed by atoms with Crippen LogP contribution in [0.3, 0.4) is 0 Å². The number of aryl methyl sites for hydroxylation is 1. The summed E-state index contributed by atoms with van der Waals surface area (Å²) < 4.78 is 24.0. The molecule has 25 heavy (non-hydrogen) atoms. The zero-order valence-electron chi connectivity index (χ0n) is 13.4. The molecule has 0 aliphatic carbocycles. The molecule has 0 heterocycles. The summed E-state index contributed by atoms with van der Waals surface area (Å²) in [5.41, 5.74) is 12.3. The second-order valence-corrected chi connectivity index (χ2v) is 6.82. The van der Waals surface area contributed by atoms with Gasteiger partial charge in [-0.05, 0) is 24.6 Å². The zero-order chi connectivity index (χ0) is 18.8. The number of rotatable bonds is 3. The number of aliphatic imine (C=N–C) groups is 1. The van der Waals surface area contributed by atoms with Gasteiger partial charge in [0.2, 0.25) is 10.0 Å². The number of sulfonamides is 1. The maximum absolute atomic E-state index is 12.1. The van der Waals surface area contributed by atoms with E-state index in [0.29, 0.717) is 5.56 Å². The van der Waals surface area contributed by atoms with E-state index in [1.54, 1.807) is 12.1 Å². The van der Waals surface area contributed by atoms with E-state index in [-0.39, 0.29) is 21.6 Å². The monoisotopic (exact) mass is 356 g/mol. The van der Waals surface area contributed by atoms with Crippen LogP contribution in [0.15, 0.2) is 46.3 Å². The highest BCUT2D eigenvalue weighted by Crippen LogP contribution is 2.30. The smallest absolute Gasteiger partial charge is 0.281 e. The van der Waals surface area contributed by atoms with Crippen molar-refractivity contribution in [2.75, 3.05) is 0 Å². The lowest BCUT2D eigenvalue weighted by Crippen LogP contribution is -2.24. The predicted molar refractivity (Wildman–Crippen MR) is 96.1 cm³/mol. The van der Waals surface area contributed by atoms with Gasteiger partial charge in [-0.15, -0.1) is 6.42 Å². The molecule has 0 saturated heterocycles. The van der Waals surface area contributed by atoms with Gasteiger partial charge in [-0.2, -0.15) is 4.99 Å². The Bertz CT molecular complexity index is 1010. The topological polar surface area (TPSA) is 142 Å². The average molecular weight is 356 g/mol. The lowest BCUT2D eigenvalue weighted by atomic mass is 9.98. The largest absolute Gasteiger partial charge is 0.370 e. The lowest BCUT2D eigenvalue weighted by Gasteiger charge is -2.12. The highest BCUT2D eigenvalue weighted by molar-refractivity contribution is 7.89. The first-order chi connectivity index (χ1) is 11.6. The van der Waals surface area contributed by atoms with E-state index in [1.807, 2.05) is 19.1 Å². The number of terminal acetylenes is 1. The third kappa shape index (κ3) is 4.03. The number of nitrogens with two attached hydrogens (primary N) is 3. The molecule has 0 atom stereocenters. The SMILES string of the molecule is C#Cc1cc(-c2ccc(C)cc2)c(S(N)(=O)=O)cc1C(=O)N=C(N)N. The normalized spacial score (nSPS) is 10.8. The van der Waals surface area contributed by atoms with Crippen molar-refractivity contribution in [2.45, 2.75) is 11.8 Å². The third-order valence-electron chi connectivity index (χ3n) is 3.41. The van der Waals surface area contributed by atoms with Crippen LogP contribution in [0, 0.1) is 19.3 Å². The Morgan fingerprint density at radius 3 is 2.24 bits per heavy atom. The van der Waals surface area contributed by atoms with E-state index in [9.17, 15) is 13.2 Å². The van der Waals surface area contributed by atoms with Gasteiger partial charge in [0.1, 0.15) is 0 Å². The van der Waals surface area contributed by atoms with Gasteiger partial charge in [0.05, 0.1) is 10.5 Å². The minimum atomic E-state index is -4.13. The van der Waals surface area contributed by atoms with Gasteiger partial charge < -0.3 is 11.5 Å². The molecule has 0 unspecified atom stereocenters. The average Bonchev–Trinajstić information content (AvgIpc) is 2.52. The molecule has 2 aromatic rings. The molecule has 0 saturated carbocycles. The molecule has 0 bridgehead atoms. The summed E-state index contributed by atoms with van der Waals surface area (Å²) in [4.78, 5) is 15.3. The van der Waals surface area contributed by atoms with E-state index in [2.05, 4.69) is 10.9 Å². The van der Waals surface area contributed by atoms with Crippen LogP contribution < -0.4 is 16.6 Å². The van der Waals surface area contributed by atoms with Crippen LogP contribution in [0.4, 0.5) is 0 Å². The fourth-order valence-corrected chi connectivity index (χ4v) is 3.01. The lowest BCUT2D eigenvalue weighted by molar-refractivity contribution is 0.100. The molecular weight excluding hydrogens is 340 g/mol. The summed E-state index contributed by atoms with van der Waals surface area (Å²) in [6, 6.07) is 9.59. The molecule has 8 heteroatoms. The van der Waals surface area contributed by atoms with Crippen LogP contribution in [0.5, 0.6) is 0 Å².